The molecular formula is C17H19F6NO3. The van der Waals surface area contributed by atoms with Crippen molar-refractivity contribution in [3.63, 3.8) is 0 Å². The number of halogens is 6. The topological polar surface area (TPSA) is 60.8 Å². The minimum Gasteiger partial charge on any atom is -0.392 e. The molecule has 2 unspecified atom stereocenters. The second-order valence-corrected chi connectivity index (χ2v) is 6.04. The van der Waals surface area contributed by atoms with E-state index in [1.165, 1.54) is 13.8 Å². The Morgan fingerprint density at radius 3 is 1.96 bits per heavy atom. The Morgan fingerprint density at radius 2 is 1.56 bits per heavy atom. The Kier molecular flexibility index (Phi) is 7.44. The van der Waals surface area contributed by atoms with Crippen LogP contribution in [0.1, 0.15) is 30.5 Å². The molecule has 4 nitrogen and oxygen atoms in total. The van der Waals surface area contributed by atoms with Gasteiger partial charge in [0, 0.05) is 19.2 Å². The van der Waals surface area contributed by atoms with Gasteiger partial charge in [0.1, 0.15) is 0 Å². The lowest BCUT2D eigenvalue weighted by atomic mass is 9.99. The number of aliphatic hydroxyl groups is 2. The van der Waals surface area contributed by atoms with Crippen molar-refractivity contribution >= 4 is 12.0 Å². The summed E-state index contributed by atoms with van der Waals surface area (Å²) in [4.78, 5) is 13.1. The first kappa shape index (κ1) is 23.0. The minimum absolute atomic E-state index is 0.206. The van der Waals surface area contributed by atoms with Crippen LogP contribution in [0.5, 0.6) is 0 Å². The van der Waals surface area contributed by atoms with Gasteiger partial charge >= 0.3 is 12.4 Å². The lowest BCUT2D eigenvalue weighted by Gasteiger charge is -2.24. The van der Waals surface area contributed by atoms with Crippen LogP contribution in [0.2, 0.25) is 0 Å². The fourth-order valence-electron chi connectivity index (χ4n) is 2.42. The lowest BCUT2D eigenvalue weighted by molar-refractivity contribution is -0.162. The third kappa shape index (κ3) is 6.87. The summed E-state index contributed by atoms with van der Waals surface area (Å²) in [6.07, 6.45) is -11.1. The minimum atomic E-state index is -5.28. The highest BCUT2D eigenvalue weighted by molar-refractivity contribution is 5.92. The van der Waals surface area contributed by atoms with Gasteiger partial charge in [0.25, 0.3) is 0 Å². The van der Waals surface area contributed by atoms with E-state index in [-0.39, 0.29) is 13.1 Å². The summed E-state index contributed by atoms with van der Waals surface area (Å²) in [6, 6.07) is 1.94. The molecule has 0 aliphatic carbocycles. The Balaban J connectivity index is 3.28. The van der Waals surface area contributed by atoms with E-state index in [4.69, 9.17) is 0 Å². The first-order valence-electron chi connectivity index (χ1n) is 7.84. The standard InChI is InChI=1S/C17H19F6NO3/c1-10(25)8-24(9-11(2)26)14(27)7-6-12-4-3-5-13(16(18,19)20)15(12)17(21,22)23/h3-7,10-11,25-26H,8-9H2,1-2H3/b7-6+. The Hall–Kier alpha value is -2.07. The molecule has 1 aromatic carbocycles. The Bertz CT molecular complexity index is 670. The van der Waals surface area contributed by atoms with Gasteiger partial charge < -0.3 is 15.1 Å². The van der Waals surface area contributed by atoms with Gasteiger partial charge in [0.2, 0.25) is 5.91 Å². The molecule has 1 rings (SSSR count). The quantitative estimate of drug-likeness (QED) is 0.570. The van der Waals surface area contributed by atoms with Crippen LogP contribution in [0, 0.1) is 0 Å². The highest BCUT2D eigenvalue weighted by Gasteiger charge is 2.44. The predicted octanol–water partition coefficient (Wildman–Crippen LogP) is 3.33. The predicted molar refractivity (Wildman–Crippen MR) is 85.4 cm³/mol. The molecule has 1 amide bonds. The molecule has 2 atom stereocenters. The molecule has 0 saturated carbocycles. The van der Waals surface area contributed by atoms with Gasteiger partial charge in [-0.2, -0.15) is 26.3 Å². The summed E-state index contributed by atoms with van der Waals surface area (Å²) in [5.74, 6) is -0.859. The van der Waals surface area contributed by atoms with Crippen molar-refractivity contribution in [2.75, 3.05) is 13.1 Å². The van der Waals surface area contributed by atoms with Crippen LogP contribution >= 0.6 is 0 Å². The summed E-state index contributed by atoms with van der Waals surface area (Å²) < 4.78 is 78.3. The number of alkyl halides is 6. The van der Waals surface area contributed by atoms with Crippen molar-refractivity contribution in [2.24, 2.45) is 0 Å². The van der Waals surface area contributed by atoms with Crippen LogP contribution in [0.15, 0.2) is 24.3 Å². The molecule has 0 spiro atoms. The van der Waals surface area contributed by atoms with Crippen molar-refractivity contribution in [1.29, 1.82) is 0 Å². The summed E-state index contributed by atoms with van der Waals surface area (Å²) in [7, 11) is 0. The summed E-state index contributed by atoms with van der Waals surface area (Å²) in [5.41, 5.74) is -4.56. The first-order chi connectivity index (χ1) is 12.2. The molecule has 1 aromatic rings. The molecule has 10 heteroatoms. The van der Waals surface area contributed by atoms with E-state index in [0.717, 1.165) is 17.0 Å². The number of rotatable bonds is 6. The molecule has 0 heterocycles. The molecule has 152 valence electrons. The molecule has 0 fully saturated rings. The highest BCUT2D eigenvalue weighted by atomic mass is 19.4. The number of aliphatic hydroxyl groups excluding tert-OH is 2. The van der Waals surface area contributed by atoms with Crippen LogP contribution in [0.4, 0.5) is 26.3 Å². The average molecular weight is 399 g/mol. The van der Waals surface area contributed by atoms with Crippen molar-refractivity contribution in [1.82, 2.24) is 4.90 Å². The number of hydrogen-bond acceptors (Lipinski definition) is 3. The van der Waals surface area contributed by atoms with Gasteiger partial charge in [-0.05, 0) is 31.6 Å². The fourth-order valence-corrected chi connectivity index (χ4v) is 2.42. The third-order valence-electron chi connectivity index (χ3n) is 3.37. The van der Waals surface area contributed by atoms with Crippen LogP contribution in [0.3, 0.4) is 0 Å². The highest BCUT2D eigenvalue weighted by Crippen LogP contribution is 2.42. The monoisotopic (exact) mass is 399 g/mol. The number of carbonyl (C=O) groups excluding carboxylic acids is 1. The smallest absolute Gasteiger partial charge is 0.392 e. The zero-order chi connectivity index (χ0) is 21.0. The van der Waals surface area contributed by atoms with Crippen LogP contribution in [0.25, 0.3) is 6.08 Å². The van der Waals surface area contributed by atoms with Gasteiger partial charge in [-0.3, -0.25) is 4.79 Å². The largest absolute Gasteiger partial charge is 0.417 e. The number of benzene rings is 1. The van der Waals surface area contributed by atoms with Crippen molar-refractivity contribution in [2.45, 2.75) is 38.4 Å². The normalized spacial score (nSPS) is 15.0. The maximum atomic E-state index is 13.2. The fraction of sp³-hybridized carbons (Fsp3) is 0.471. The molecular weight excluding hydrogens is 380 g/mol. The maximum Gasteiger partial charge on any atom is 0.417 e. The number of carbonyl (C=O) groups is 1. The van der Waals surface area contributed by atoms with E-state index in [2.05, 4.69) is 0 Å². The van der Waals surface area contributed by atoms with E-state index in [0.29, 0.717) is 18.2 Å². The number of nitrogens with zero attached hydrogens (tertiary/aromatic N) is 1. The van der Waals surface area contributed by atoms with Gasteiger partial charge in [-0.15, -0.1) is 0 Å². The van der Waals surface area contributed by atoms with Crippen LogP contribution in [-0.4, -0.2) is 46.3 Å². The van der Waals surface area contributed by atoms with Gasteiger partial charge in [0.05, 0.1) is 23.3 Å². The van der Waals surface area contributed by atoms with Crippen molar-refractivity contribution < 1.29 is 41.4 Å². The zero-order valence-corrected chi connectivity index (χ0v) is 14.5. The van der Waals surface area contributed by atoms with E-state index in [1.54, 1.807) is 0 Å². The van der Waals surface area contributed by atoms with E-state index in [9.17, 15) is 41.4 Å². The molecule has 0 saturated heterocycles. The molecule has 0 radical (unpaired) electrons. The molecule has 0 bridgehead atoms. The number of hydrogen-bond donors (Lipinski definition) is 2. The van der Waals surface area contributed by atoms with Crippen molar-refractivity contribution in [3.05, 3.63) is 41.0 Å². The molecule has 0 aromatic heterocycles. The van der Waals surface area contributed by atoms with Crippen molar-refractivity contribution in [3.8, 4) is 0 Å². The van der Waals surface area contributed by atoms with Gasteiger partial charge in [0.15, 0.2) is 0 Å². The Morgan fingerprint density at radius 1 is 1.04 bits per heavy atom. The van der Waals surface area contributed by atoms with Gasteiger partial charge in [-0.1, -0.05) is 12.1 Å². The molecule has 27 heavy (non-hydrogen) atoms. The second-order valence-electron chi connectivity index (χ2n) is 6.04. The SMILES string of the molecule is CC(O)CN(CC(C)O)C(=O)/C=C/c1cccc(C(F)(F)F)c1C(F)(F)F. The van der Waals surface area contributed by atoms with E-state index in [1.807, 2.05) is 0 Å². The maximum absolute atomic E-state index is 13.2. The lowest BCUT2D eigenvalue weighted by Crippen LogP contribution is -2.39. The average Bonchev–Trinajstić information content (AvgIpc) is 2.48. The van der Waals surface area contributed by atoms with Gasteiger partial charge in [-0.25, -0.2) is 0 Å². The Labute approximate surface area is 151 Å². The second kappa shape index (κ2) is 8.75. The van der Waals surface area contributed by atoms with E-state index >= 15 is 0 Å². The molecule has 2 N–H and O–H groups in total. The third-order valence-corrected chi connectivity index (χ3v) is 3.37. The van der Waals surface area contributed by atoms with E-state index < -0.39 is 47.2 Å². The summed E-state index contributed by atoms with van der Waals surface area (Å²) >= 11 is 0. The summed E-state index contributed by atoms with van der Waals surface area (Å²) in [5, 5.41) is 18.7. The summed E-state index contributed by atoms with van der Waals surface area (Å²) in [6.45, 7) is 2.31. The molecule has 0 aliphatic heterocycles. The first-order valence-corrected chi connectivity index (χ1v) is 7.84. The molecule has 0 aliphatic rings. The van der Waals surface area contributed by atoms with Crippen LogP contribution < -0.4 is 0 Å². The van der Waals surface area contributed by atoms with Crippen LogP contribution in [-0.2, 0) is 17.1 Å². The zero-order valence-electron chi connectivity index (χ0n) is 14.5. The number of amides is 1.